The maximum atomic E-state index is 12.2. The van der Waals surface area contributed by atoms with E-state index in [1.807, 2.05) is 10.6 Å². The largest absolute Gasteiger partial charge is 0.497 e. The van der Waals surface area contributed by atoms with Gasteiger partial charge in [-0.15, -0.1) is 10.2 Å². The van der Waals surface area contributed by atoms with E-state index < -0.39 is 0 Å². The fourth-order valence-electron chi connectivity index (χ4n) is 2.52. The van der Waals surface area contributed by atoms with Gasteiger partial charge in [-0.05, 0) is 31.0 Å². The fraction of sp³-hybridized carbons (Fsp3) is 0.375. The quantitative estimate of drug-likeness (QED) is 0.741. The summed E-state index contributed by atoms with van der Waals surface area (Å²) in [6.45, 7) is 0.527. The minimum atomic E-state index is -0.115. The Morgan fingerprint density at radius 3 is 3.08 bits per heavy atom. The van der Waals surface area contributed by atoms with Crippen molar-refractivity contribution < 1.29 is 9.53 Å². The number of rotatable bonds is 6. The first-order valence-corrected chi connectivity index (χ1v) is 8.69. The molecular formula is C16H17N5O2S. The summed E-state index contributed by atoms with van der Waals surface area (Å²) in [6, 6.07) is 7.10. The summed E-state index contributed by atoms with van der Waals surface area (Å²) < 4.78 is 6.98. The van der Waals surface area contributed by atoms with Gasteiger partial charge in [-0.3, -0.25) is 4.79 Å². The highest BCUT2D eigenvalue weighted by atomic mass is 32.1. The minimum Gasteiger partial charge on any atom is -0.497 e. The van der Waals surface area contributed by atoms with Gasteiger partial charge < -0.3 is 10.1 Å². The molecule has 1 aliphatic rings. The zero-order valence-corrected chi connectivity index (χ0v) is 14.0. The molecule has 0 aliphatic heterocycles. The predicted octanol–water partition coefficient (Wildman–Crippen LogP) is 2.04. The standard InChI is InChI=1S/C16H17N5O2S/c1-23-12-4-2-3-11(9-12)15(22)17-8-7-13-20-21-14(10-5-6-10)18-19-16(21)24-13/h2-4,9-10H,5-8H2,1H3,(H,17,22). The number of fused-ring (bicyclic) bond motifs is 1. The van der Waals surface area contributed by atoms with Crippen LogP contribution in [0.3, 0.4) is 0 Å². The Morgan fingerprint density at radius 1 is 1.42 bits per heavy atom. The zero-order valence-electron chi connectivity index (χ0n) is 13.2. The molecule has 1 N–H and O–H groups in total. The Bertz CT molecular complexity index is 884. The number of ether oxygens (including phenoxy) is 1. The number of aromatic nitrogens is 4. The third kappa shape index (κ3) is 2.96. The lowest BCUT2D eigenvalue weighted by Gasteiger charge is -2.05. The van der Waals surface area contributed by atoms with E-state index in [9.17, 15) is 4.79 Å². The number of nitrogens with one attached hydrogen (secondary N) is 1. The van der Waals surface area contributed by atoms with E-state index in [4.69, 9.17) is 4.74 Å². The molecule has 1 aliphatic carbocycles. The summed E-state index contributed by atoms with van der Waals surface area (Å²) in [7, 11) is 1.58. The van der Waals surface area contributed by atoms with Gasteiger partial charge in [-0.25, -0.2) is 0 Å². The topological polar surface area (TPSA) is 81.4 Å². The molecule has 0 spiro atoms. The van der Waals surface area contributed by atoms with E-state index >= 15 is 0 Å². The van der Waals surface area contributed by atoms with Crippen LogP contribution in [0.25, 0.3) is 4.96 Å². The Hall–Kier alpha value is -2.48. The molecule has 2 aromatic heterocycles. The number of amides is 1. The van der Waals surface area contributed by atoms with Gasteiger partial charge in [0.2, 0.25) is 4.96 Å². The monoisotopic (exact) mass is 343 g/mol. The van der Waals surface area contributed by atoms with Crippen LogP contribution in [-0.2, 0) is 6.42 Å². The summed E-state index contributed by atoms with van der Waals surface area (Å²) in [5.74, 6) is 2.04. The van der Waals surface area contributed by atoms with Crippen molar-refractivity contribution in [1.29, 1.82) is 0 Å². The van der Waals surface area contributed by atoms with Crippen molar-refractivity contribution in [3.05, 3.63) is 40.7 Å². The van der Waals surface area contributed by atoms with Crippen LogP contribution >= 0.6 is 11.3 Å². The van der Waals surface area contributed by atoms with Crippen LogP contribution in [0.4, 0.5) is 0 Å². The molecule has 1 saturated carbocycles. The van der Waals surface area contributed by atoms with Gasteiger partial charge >= 0.3 is 0 Å². The first-order chi connectivity index (χ1) is 11.7. The van der Waals surface area contributed by atoms with Crippen molar-refractivity contribution in [3.63, 3.8) is 0 Å². The third-order valence-electron chi connectivity index (χ3n) is 3.96. The molecule has 124 valence electrons. The molecule has 0 saturated heterocycles. The molecule has 0 radical (unpaired) electrons. The second-order valence-corrected chi connectivity index (χ2v) is 6.80. The highest BCUT2D eigenvalue weighted by Gasteiger charge is 2.29. The molecule has 3 aromatic rings. The molecule has 24 heavy (non-hydrogen) atoms. The van der Waals surface area contributed by atoms with Crippen molar-refractivity contribution in [1.82, 2.24) is 25.1 Å². The number of hydrogen-bond donors (Lipinski definition) is 1. The van der Waals surface area contributed by atoms with Crippen LogP contribution in [0.1, 0.15) is 39.9 Å². The van der Waals surface area contributed by atoms with Crippen molar-refractivity contribution in [2.45, 2.75) is 25.2 Å². The lowest BCUT2D eigenvalue weighted by atomic mass is 10.2. The second-order valence-electron chi connectivity index (χ2n) is 5.76. The highest BCUT2D eigenvalue weighted by molar-refractivity contribution is 7.16. The van der Waals surface area contributed by atoms with E-state index in [-0.39, 0.29) is 5.91 Å². The van der Waals surface area contributed by atoms with Gasteiger partial charge in [0.1, 0.15) is 10.8 Å². The predicted molar refractivity (Wildman–Crippen MR) is 89.7 cm³/mol. The van der Waals surface area contributed by atoms with Gasteiger partial charge in [0, 0.05) is 24.4 Å². The van der Waals surface area contributed by atoms with E-state index in [0.29, 0.717) is 30.2 Å². The van der Waals surface area contributed by atoms with Crippen molar-refractivity contribution >= 4 is 22.2 Å². The minimum absolute atomic E-state index is 0.115. The molecule has 1 aromatic carbocycles. The molecule has 0 unspecified atom stereocenters. The van der Waals surface area contributed by atoms with Crippen LogP contribution in [0.5, 0.6) is 5.75 Å². The Balaban J connectivity index is 1.37. The molecule has 7 nitrogen and oxygen atoms in total. The Labute approximate surface area is 142 Å². The van der Waals surface area contributed by atoms with Gasteiger partial charge in [-0.2, -0.15) is 9.61 Å². The summed E-state index contributed by atoms with van der Waals surface area (Å²) >= 11 is 1.52. The zero-order chi connectivity index (χ0) is 16.5. The Morgan fingerprint density at radius 2 is 2.29 bits per heavy atom. The number of carbonyl (C=O) groups is 1. The van der Waals surface area contributed by atoms with Crippen LogP contribution in [0.15, 0.2) is 24.3 Å². The SMILES string of the molecule is COc1cccc(C(=O)NCCc2nn3c(C4CC4)nnc3s2)c1. The third-order valence-corrected chi connectivity index (χ3v) is 4.91. The number of nitrogens with zero attached hydrogens (tertiary/aromatic N) is 4. The van der Waals surface area contributed by atoms with Crippen LogP contribution in [0, 0.1) is 0 Å². The summed E-state index contributed by atoms with van der Waals surface area (Å²) in [6.07, 6.45) is 3.02. The number of hydrogen-bond acceptors (Lipinski definition) is 6. The maximum Gasteiger partial charge on any atom is 0.251 e. The summed E-state index contributed by atoms with van der Waals surface area (Å²) in [5.41, 5.74) is 0.587. The lowest BCUT2D eigenvalue weighted by Crippen LogP contribution is -2.25. The van der Waals surface area contributed by atoms with E-state index in [2.05, 4.69) is 20.6 Å². The number of methoxy groups -OCH3 is 1. The normalized spacial score (nSPS) is 14.0. The average Bonchev–Trinajstić information content (AvgIpc) is 3.25. The van der Waals surface area contributed by atoms with Crippen LogP contribution < -0.4 is 10.1 Å². The van der Waals surface area contributed by atoms with E-state index in [1.54, 1.807) is 25.3 Å². The lowest BCUT2D eigenvalue weighted by molar-refractivity contribution is 0.0954. The first kappa shape index (κ1) is 15.1. The molecule has 1 amide bonds. The molecule has 8 heteroatoms. The summed E-state index contributed by atoms with van der Waals surface area (Å²) in [4.78, 5) is 13.0. The van der Waals surface area contributed by atoms with E-state index in [0.717, 1.165) is 15.8 Å². The Kier molecular flexibility index (Phi) is 3.89. The smallest absolute Gasteiger partial charge is 0.251 e. The van der Waals surface area contributed by atoms with Crippen molar-refractivity contribution in [2.24, 2.45) is 0 Å². The van der Waals surface area contributed by atoms with Crippen LogP contribution in [0.2, 0.25) is 0 Å². The van der Waals surface area contributed by atoms with Crippen LogP contribution in [-0.4, -0.2) is 39.4 Å². The van der Waals surface area contributed by atoms with E-state index in [1.165, 1.54) is 24.2 Å². The number of benzene rings is 1. The first-order valence-electron chi connectivity index (χ1n) is 7.88. The molecule has 4 rings (SSSR count). The molecular weight excluding hydrogens is 326 g/mol. The molecule has 2 heterocycles. The van der Waals surface area contributed by atoms with Crippen molar-refractivity contribution in [2.75, 3.05) is 13.7 Å². The van der Waals surface area contributed by atoms with Gasteiger partial charge in [0.15, 0.2) is 5.82 Å². The summed E-state index contributed by atoms with van der Waals surface area (Å²) in [5, 5.41) is 16.8. The molecule has 0 bridgehead atoms. The fourth-order valence-corrected chi connectivity index (χ4v) is 3.36. The maximum absolute atomic E-state index is 12.2. The highest BCUT2D eigenvalue weighted by Crippen LogP contribution is 2.39. The second kappa shape index (κ2) is 6.20. The van der Waals surface area contributed by atoms with Gasteiger partial charge in [0.05, 0.1) is 7.11 Å². The number of carbonyl (C=O) groups excluding carboxylic acids is 1. The van der Waals surface area contributed by atoms with Gasteiger partial charge in [-0.1, -0.05) is 17.4 Å². The average molecular weight is 343 g/mol. The molecule has 0 atom stereocenters. The van der Waals surface area contributed by atoms with Crippen molar-refractivity contribution in [3.8, 4) is 5.75 Å². The molecule has 1 fully saturated rings. The van der Waals surface area contributed by atoms with Gasteiger partial charge in [0.25, 0.3) is 5.91 Å².